The van der Waals surface area contributed by atoms with Gasteiger partial charge >= 0.3 is 0 Å². The molecule has 3 fully saturated rings. The summed E-state index contributed by atoms with van der Waals surface area (Å²) in [4.78, 5) is 18.6. The predicted molar refractivity (Wildman–Crippen MR) is 148 cm³/mol. The van der Waals surface area contributed by atoms with Crippen molar-refractivity contribution < 1.29 is 5.76 Å². The summed E-state index contributed by atoms with van der Waals surface area (Å²) < 4.78 is 21.7. The molecule has 0 radical (unpaired) electrons. The Morgan fingerprint density at radius 1 is 1.08 bits per heavy atom. The van der Waals surface area contributed by atoms with Crippen LogP contribution in [0.5, 0.6) is 0 Å². The standard InChI is InChI=1S/C29H35FN8/c1-20-15-37(28-7-4-21(13-31)29-25(28)3-2-9-33-29)17-24-16-36(11-12-38(20)24)23-6-5-22(34-14-23)8-10-35-18-26(30)27(32)19-35/h2-7,9,14,20,24,26-27H,8,10-12,15-19,32H2,1H3/t20-,24-,26-,27+/m0/s1/i9D. The second kappa shape index (κ2) is 10.4. The molecule has 3 aliphatic rings. The van der Waals surface area contributed by atoms with Gasteiger partial charge in [0.2, 0.25) is 0 Å². The Labute approximate surface area is 224 Å². The highest BCUT2D eigenvalue weighted by molar-refractivity contribution is 5.95. The van der Waals surface area contributed by atoms with Gasteiger partial charge in [0.1, 0.15) is 12.2 Å². The van der Waals surface area contributed by atoms with Crippen LogP contribution in [0.15, 0.2) is 48.8 Å². The number of benzene rings is 1. The van der Waals surface area contributed by atoms with Crippen molar-refractivity contribution in [2.24, 2.45) is 5.73 Å². The lowest BCUT2D eigenvalue weighted by Crippen LogP contribution is -2.65. The third-order valence-electron chi connectivity index (χ3n) is 8.39. The zero-order valence-electron chi connectivity index (χ0n) is 22.8. The highest BCUT2D eigenvalue weighted by Gasteiger charge is 2.37. The van der Waals surface area contributed by atoms with Crippen LogP contribution in [0.2, 0.25) is 0 Å². The van der Waals surface area contributed by atoms with Crippen molar-refractivity contribution >= 4 is 22.3 Å². The van der Waals surface area contributed by atoms with Gasteiger partial charge in [-0.15, -0.1) is 0 Å². The van der Waals surface area contributed by atoms with Gasteiger partial charge in [-0.1, -0.05) is 0 Å². The summed E-state index contributed by atoms with van der Waals surface area (Å²) in [6.07, 6.45) is 2.00. The minimum atomic E-state index is -0.930. The largest absolute Gasteiger partial charge is 0.368 e. The molecule has 3 aliphatic heterocycles. The predicted octanol–water partition coefficient (Wildman–Crippen LogP) is 2.42. The third kappa shape index (κ3) is 4.80. The van der Waals surface area contributed by atoms with Gasteiger partial charge in [0.05, 0.1) is 24.3 Å². The first-order valence-corrected chi connectivity index (χ1v) is 13.5. The second-order valence-corrected chi connectivity index (χ2v) is 10.9. The van der Waals surface area contributed by atoms with Crippen molar-refractivity contribution in [1.29, 1.82) is 5.26 Å². The smallest absolute Gasteiger partial charge is 0.129 e. The molecule has 4 atom stereocenters. The van der Waals surface area contributed by atoms with Gasteiger partial charge in [0, 0.05) is 99.8 Å². The number of fused-ring (bicyclic) bond motifs is 2. The van der Waals surface area contributed by atoms with Gasteiger partial charge < -0.3 is 15.5 Å². The molecule has 0 amide bonds. The summed E-state index contributed by atoms with van der Waals surface area (Å²) in [6.45, 7) is 8.74. The van der Waals surface area contributed by atoms with Crippen LogP contribution in [-0.2, 0) is 6.42 Å². The van der Waals surface area contributed by atoms with Crippen molar-refractivity contribution in [1.82, 2.24) is 19.8 Å². The summed E-state index contributed by atoms with van der Waals surface area (Å²) in [7, 11) is 0. The Kier molecular flexibility index (Phi) is 6.53. The number of likely N-dealkylation sites (tertiary alicyclic amines) is 1. The van der Waals surface area contributed by atoms with Gasteiger partial charge in [-0.2, -0.15) is 5.26 Å². The minimum absolute atomic E-state index is 0.172. The minimum Gasteiger partial charge on any atom is -0.368 e. The van der Waals surface area contributed by atoms with Crippen LogP contribution in [0.3, 0.4) is 0 Å². The van der Waals surface area contributed by atoms with E-state index in [0.29, 0.717) is 36.3 Å². The Morgan fingerprint density at radius 2 is 1.95 bits per heavy atom. The van der Waals surface area contributed by atoms with Crippen LogP contribution >= 0.6 is 0 Å². The van der Waals surface area contributed by atoms with E-state index in [9.17, 15) is 9.65 Å². The molecule has 0 saturated carbocycles. The lowest BCUT2D eigenvalue weighted by Gasteiger charge is -2.51. The van der Waals surface area contributed by atoms with Crippen LogP contribution in [-0.4, -0.2) is 96.4 Å². The van der Waals surface area contributed by atoms with E-state index in [0.717, 1.165) is 68.1 Å². The SMILES string of the molecule is [2H]c1ccc2c(N3C[C@@H]4CN(c5ccc(CCN6C[C@@H](N)[C@@H](F)C6)nc5)CCN4[C@@H](C)C3)ccc(C#N)c2n1. The third-order valence-corrected chi connectivity index (χ3v) is 8.39. The summed E-state index contributed by atoms with van der Waals surface area (Å²) in [5.41, 5.74) is 10.1. The maximum absolute atomic E-state index is 13.7. The fraction of sp³-hybridized carbons (Fsp3) is 0.483. The van der Waals surface area contributed by atoms with Gasteiger partial charge in [0.15, 0.2) is 0 Å². The Hall–Kier alpha value is -3.32. The lowest BCUT2D eigenvalue weighted by molar-refractivity contribution is 0.108. The van der Waals surface area contributed by atoms with Crippen LogP contribution in [0, 0.1) is 11.3 Å². The van der Waals surface area contributed by atoms with Crippen molar-refractivity contribution in [3.8, 4) is 6.07 Å². The van der Waals surface area contributed by atoms with Crippen LogP contribution in [0.1, 0.15) is 19.6 Å². The molecule has 1 aromatic carbocycles. The molecular formula is C29H35FN8. The number of rotatable bonds is 5. The summed E-state index contributed by atoms with van der Waals surface area (Å²) in [5, 5.41) is 10.5. The van der Waals surface area contributed by atoms with Gasteiger partial charge in [-0.3, -0.25) is 19.8 Å². The Bertz CT molecular complexity index is 1370. The molecule has 3 aromatic rings. The van der Waals surface area contributed by atoms with Gasteiger partial charge in [-0.05, 0) is 43.3 Å². The zero-order chi connectivity index (χ0) is 27.1. The number of hydrogen-bond donors (Lipinski definition) is 1. The number of hydrogen-bond acceptors (Lipinski definition) is 8. The zero-order valence-corrected chi connectivity index (χ0v) is 21.8. The number of alkyl halides is 1. The first kappa shape index (κ1) is 23.8. The van der Waals surface area contributed by atoms with Crippen molar-refractivity contribution in [3.63, 3.8) is 0 Å². The fourth-order valence-electron chi connectivity index (χ4n) is 6.34. The Morgan fingerprint density at radius 3 is 2.71 bits per heavy atom. The number of piperazine rings is 2. The summed E-state index contributed by atoms with van der Waals surface area (Å²) in [6, 6.07) is 14.3. The molecule has 6 rings (SSSR count). The number of nitrogens with two attached hydrogens (primary N) is 1. The van der Waals surface area contributed by atoms with E-state index in [2.05, 4.69) is 49.7 Å². The number of anilines is 2. The van der Waals surface area contributed by atoms with Crippen LogP contribution in [0.25, 0.3) is 10.9 Å². The van der Waals surface area contributed by atoms with E-state index >= 15 is 0 Å². The van der Waals surface area contributed by atoms with E-state index in [-0.39, 0.29) is 12.2 Å². The molecular weight excluding hydrogens is 479 g/mol. The molecule has 2 aromatic heterocycles. The highest BCUT2D eigenvalue weighted by atomic mass is 19.1. The molecule has 5 heterocycles. The maximum Gasteiger partial charge on any atom is 0.129 e. The van der Waals surface area contributed by atoms with E-state index in [4.69, 9.17) is 12.1 Å². The number of aromatic nitrogens is 2. The van der Waals surface area contributed by atoms with Crippen molar-refractivity contribution in [3.05, 3.63) is 60.0 Å². The van der Waals surface area contributed by atoms with E-state index < -0.39 is 6.17 Å². The molecule has 0 spiro atoms. The number of pyridine rings is 2. The molecule has 9 heteroatoms. The van der Waals surface area contributed by atoms with E-state index in [1.165, 1.54) is 0 Å². The summed E-state index contributed by atoms with van der Waals surface area (Å²) >= 11 is 0. The first-order chi connectivity index (χ1) is 18.9. The number of halogens is 1. The van der Waals surface area contributed by atoms with Crippen molar-refractivity contribution in [2.45, 2.75) is 37.6 Å². The van der Waals surface area contributed by atoms with Gasteiger partial charge in [-0.25, -0.2) is 4.39 Å². The quantitative estimate of drug-likeness (QED) is 0.554. The summed E-state index contributed by atoms with van der Waals surface area (Å²) in [5.74, 6) is 0. The first-order valence-electron chi connectivity index (χ1n) is 14.0. The Balaban J connectivity index is 1.14. The van der Waals surface area contributed by atoms with Crippen LogP contribution in [0.4, 0.5) is 15.8 Å². The molecule has 0 bridgehead atoms. The van der Waals surface area contributed by atoms with E-state index in [1.807, 2.05) is 24.4 Å². The number of nitriles is 1. The topological polar surface area (TPSA) is 88.5 Å². The van der Waals surface area contributed by atoms with Gasteiger partial charge in [0.25, 0.3) is 0 Å². The molecule has 0 unspecified atom stereocenters. The number of nitrogens with zero attached hydrogens (tertiary/aromatic N) is 7. The van der Waals surface area contributed by atoms with Crippen molar-refractivity contribution in [2.75, 3.05) is 62.2 Å². The van der Waals surface area contributed by atoms with E-state index in [1.54, 1.807) is 6.07 Å². The molecule has 0 aliphatic carbocycles. The molecule has 198 valence electrons. The highest BCUT2D eigenvalue weighted by Crippen LogP contribution is 2.32. The lowest BCUT2D eigenvalue weighted by atomic mass is 10.0. The maximum atomic E-state index is 13.7. The van der Waals surface area contributed by atoms with Crippen LogP contribution < -0.4 is 15.5 Å². The molecule has 8 nitrogen and oxygen atoms in total. The average molecular weight is 516 g/mol. The fourth-order valence-corrected chi connectivity index (χ4v) is 6.34. The normalized spacial score (nSPS) is 26.8. The molecule has 2 N–H and O–H groups in total. The molecule has 3 saturated heterocycles. The monoisotopic (exact) mass is 515 g/mol. The molecule has 38 heavy (non-hydrogen) atoms. The average Bonchev–Trinajstić information content (AvgIpc) is 3.27. The second-order valence-electron chi connectivity index (χ2n) is 10.9.